The summed E-state index contributed by atoms with van der Waals surface area (Å²) in [6.07, 6.45) is 5.81. The Morgan fingerprint density at radius 3 is 2.12 bits per heavy atom. The fourth-order valence-corrected chi connectivity index (χ4v) is 1.92. The van der Waals surface area contributed by atoms with E-state index in [0.717, 1.165) is 12.8 Å². The zero-order chi connectivity index (χ0) is 12.7. The summed E-state index contributed by atoms with van der Waals surface area (Å²) in [5.74, 6) is -0.0185. The van der Waals surface area contributed by atoms with Gasteiger partial charge >= 0.3 is 0 Å². The number of aromatic hydroxyl groups is 2. The highest BCUT2D eigenvalue weighted by atomic mass is 16.3. The minimum atomic E-state index is -0.602. The molecule has 3 nitrogen and oxygen atoms in total. The van der Waals surface area contributed by atoms with E-state index in [9.17, 15) is 15.3 Å². The highest BCUT2D eigenvalue weighted by molar-refractivity contribution is 5.37. The third kappa shape index (κ3) is 5.09. The first-order chi connectivity index (χ1) is 8.13. The van der Waals surface area contributed by atoms with Crippen LogP contribution in [0.15, 0.2) is 18.2 Å². The molecule has 0 spiro atoms. The van der Waals surface area contributed by atoms with E-state index in [2.05, 4.69) is 6.92 Å². The second kappa shape index (κ2) is 7.17. The number of hydrogen-bond acceptors (Lipinski definition) is 3. The molecule has 0 saturated heterocycles. The summed E-state index contributed by atoms with van der Waals surface area (Å²) in [4.78, 5) is 0. The van der Waals surface area contributed by atoms with Gasteiger partial charge in [0.15, 0.2) is 0 Å². The lowest BCUT2D eigenvalue weighted by atomic mass is 10.0. The Balaban J connectivity index is 2.38. The number of phenols is 2. The van der Waals surface area contributed by atoms with Gasteiger partial charge in [-0.25, -0.2) is 0 Å². The standard InChI is InChI=1S/C14H22O3/c1-2-3-4-5-6-7-14(17)11-8-12(15)10-13(16)9-11/h8-10,14-17H,2-7H2,1H3. The molecule has 17 heavy (non-hydrogen) atoms. The molecule has 0 bridgehead atoms. The van der Waals surface area contributed by atoms with Gasteiger partial charge in [0, 0.05) is 6.07 Å². The third-order valence-corrected chi connectivity index (χ3v) is 2.89. The van der Waals surface area contributed by atoms with E-state index in [1.807, 2.05) is 0 Å². The number of aliphatic hydroxyl groups excluding tert-OH is 1. The summed E-state index contributed by atoms with van der Waals surface area (Å²) in [5, 5.41) is 28.5. The summed E-state index contributed by atoms with van der Waals surface area (Å²) in [6.45, 7) is 2.17. The van der Waals surface area contributed by atoms with Crippen LogP contribution >= 0.6 is 0 Å². The predicted molar refractivity (Wildman–Crippen MR) is 68.1 cm³/mol. The van der Waals surface area contributed by atoms with Crippen LogP contribution in [0.2, 0.25) is 0 Å². The number of unbranched alkanes of at least 4 members (excludes halogenated alkanes) is 4. The maximum atomic E-state index is 9.90. The molecule has 0 aliphatic rings. The van der Waals surface area contributed by atoms with Crippen molar-refractivity contribution in [1.82, 2.24) is 0 Å². The molecule has 3 N–H and O–H groups in total. The van der Waals surface area contributed by atoms with Crippen molar-refractivity contribution in [2.45, 2.75) is 51.6 Å². The van der Waals surface area contributed by atoms with Crippen LogP contribution in [0.1, 0.15) is 57.1 Å². The van der Waals surface area contributed by atoms with Gasteiger partial charge in [0.2, 0.25) is 0 Å². The summed E-state index contributed by atoms with van der Waals surface area (Å²) in [6, 6.07) is 4.25. The van der Waals surface area contributed by atoms with Gasteiger partial charge in [0.05, 0.1) is 6.10 Å². The predicted octanol–water partition coefficient (Wildman–Crippen LogP) is 3.49. The number of rotatable bonds is 7. The Bertz CT molecular complexity index is 316. The van der Waals surface area contributed by atoms with Crippen molar-refractivity contribution in [2.75, 3.05) is 0 Å². The molecule has 0 amide bonds. The molecule has 1 rings (SSSR count). The van der Waals surface area contributed by atoms with E-state index in [4.69, 9.17) is 0 Å². The van der Waals surface area contributed by atoms with Crippen molar-refractivity contribution in [1.29, 1.82) is 0 Å². The smallest absolute Gasteiger partial charge is 0.119 e. The number of hydrogen-bond donors (Lipinski definition) is 3. The molecular weight excluding hydrogens is 216 g/mol. The van der Waals surface area contributed by atoms with Crippen molar-refractivity contribution < 1.29 is 15.3 Å². The van der Waals surface area contributed by atoms with Crippen molar-refractivity contribution in [3.05, 3.63) is 23.8 Å². The highest BCUT2D eigenvalue weighted by Crippen LogP contribution is 2.27. The van der Waals surface area contributed by atoms with Crippen molar-refractivity contribution >= 4 is 0 Å². The Morgan fingerprint density at radius 1 is 0.941 bits per heavy atom. The molecular formula is C14H22O3. The SMILES string of the molecule is CCCCCCCC(O)c1cc(O)cc(O)c1. The van der Waals surface area contributed by atoms with Crippen LogP contribution in [0.3, 0.4) is 0 Å². The molecule has 1 aromatic rings. The average Bonchev–Trinajstić information content (AvgIpc) is 2.27. The van der Waals surface area contributed by atoms with Gasteiger partial charge in [0.25, 0.3) is 0 Å². The number of benzene rings is 1. The van der Waals surface area contributed by atoms with Crippen LogP contribution in [-0.4, -0.2) is 15.3 Å². The van der Waals surface area contributed by atoms with Crippen LogP contribution in [0.4, 0.5) is 0 Å². The zero-order valence-electron chi connectivity index (χ0n) is 10.4. The average molecular weight is 238 g/mol. The zero-order valence-corrected chi connectivity index (χ0v) is 10.4. The summed E-state index contributed by atoms with van der Waals surface area (Å²) >= 11 is 0. The molecule has 1 unspecified atom stereocenters. The lowest BCUT2D eigenvalue weighted by Gasteiger charge is -2.11. The third-order valence-electron chi connectivity index (χ3n) is 2.89. The van der Waals surface area contributed by atoms with Crippen LogP contribution in [0.5, 0.6) is 11.5 Å². The lowest BCUT2D eigenvalue weighted by Crippen LogP contribution is -1.97. The fourth-order valence-electron chi connectivity index (χ4n) is 1.92. The Kier molecular flexibility index (Phi) is 5.84. The topological polar surface area (TPSA) is 60.7 Å². The second-order valence-electron chi connectivity index (χ2n) is 4.50. The summed E-state index contributed by atoms with van der Waals surface area (Å²) in [7, 11) is 0. The molecule has 0 aliphatic heterocycles. The van der Waals surface area contributed by atoms with Crippen LogP contribution in [0.25, 0.3) is 0 Å². The Hall–Kier alpha value is -1.22. The molecule has 0 saturated carbocycles. The van der Waals surface area contributed by atoms with Gasteiger partial charge in [-0.2, -0.15) is 0 Å². The van der Waals surface area contributed by atoms with E-state index >= 15 is 0 Å². The van der Waals surface area contributed by atoms with Gasteiger partial charge in [-0.3, -0.25) is 0 Å². The minimum absolute atomic E-state index is 0.00923. The number of phenolic OH excluding ortho intramolecular Hbond substituents is 2. The van der Waals surface area contributed by atoms with E-state index in [1.54, 1.807) is 0 Å². The molecule has 1 aromatic carbocycles. The maximum absolute atomic E-state index is 9.90. The van der Waals surface area contributed by atoms with Crippen molar-refractivity contribution in [2.24, 2.45) is 0 Å². The molecule has 0 aliphatic carbocycles. The molecule has 1 atom stereocenters. The summed E-state index contributed by atoms with van der Waals surface area (Å²) in [5.41, 5.74) is 0.581. The quantitative estimate of drug-likeness (QED) is 0.637. The summed E-state index contributed by atoms with van der Waals surface area (Å²) < 4.78 is 0. The van der Waals surface area contributed by atoms with Gasteiger partial charge in [0.1, 0.15) is 11.5 Å². The van der Waals surface area contributed by atoms with Gasteiger partial charge in [-0.05, 0) is 24.1 Å². The molecule has 0 fully saturated rings. The largest absolute Gasteiger partial charge is 0.508 e. The van der Waals surface area contributed by atoms with E-state index in [-0.39, 0.29) is 11.5 Å². The normalized spacial score (nSPS) is 12.6. The van der Waals surface area contributed by atoms with E-state index in [1.165, 1.54) is 37.5 Å². The molecule has 0 heterocycles. The van der Waals surface area contributed by atoms with Gasteiger partial charge < -0.3 is 15.3 Å². The van der Waals surface area contributed by atoms with E-state index in [0.29, 0.717) is 12.0 Å². The molecule has 0 aromatic heterocycles. The molecule has 3 heteroatoms. The highest BCUT2D eigenvalue weighted by Gasteiger charge is 2.09. The van der Waals surface area contributed by atoms with Crippen LogP contribution in [-0.2, 0) is 0 Å². The maximum Gasteiger partial charge on any atom is 0.119 e. The van der Waals surface area contributed by atoms with E-state index < -0.39 is 6.10 Å². The molecule has 96 valence electrons. The Labute approximate surface area is 103 Å². The van der Waals surface area contributed by atoms with Gasteiger partial charge in [-0.15, -0.1) is 0 Å². The van der Waals surface area contributed by atoms with Crippen molar-refractivity contribution in [3.8, 4) is 11.5 Å². The van der Waals surface area contributed by atoms with Crippen LogP contribution < -0.4 is 0 Å². The second-order valence-corrected chi connectivity index (χ2v) is 4.50. The lowest BCUT2D eigenvalue weighted by molar-refractivity contribution is 0.162. The fraction of sp³-hybridized carbons (Fsp3) is 0.571. The first-order valence-electron chi connectivity index (χ1n) is 6.34. The monoisotopic (exact) mass is 238 g/mol. The number of aliphatic hydroxyl groups is 1. The first-order valence-corrected chi connectivity index (χ1v) is 6.34. The van der Waals surface area contributed by atoms with Crippen LogP contribution in [0, 0.1) is 0 Å². The minimum Gasteiger partial charge on any atom is -0.508 e. The van der Waals surface area contributed by atoms with Crippen molar-refractivity contribution in [3.63, 3.8) is 0 Å². The van der Waals surface area contributed by atoms with Gasteiger partial charge in [-0.1, -0.05) is 39.0 Å². The molecule has 0 radical (unpaired) electrons. The first kappa shape index (κ1) is 13.8. The Morgan fingerprint density at radius 2 is 1.53 bits per heavy atom.